The van der Waals surface area contributed by atoms with E-state index in [0.29, 0.717) is 17.1 Å². The van der Waals surface area contributed by atoms with E-state index in [0.717, 1.165) is 12.0 Å². The average molecular weight is 226 g/mol. The highest BCUT2D eigenvalue weighted by molar-refractivity contribution is 6.31. The second kappa shape index (κ2) is 5.29. The molecule has 1 atom stereocenters. The first kappa shape index (κ1) is 12.2. The van der Waals surface area contributed by atoms with E-state index in [9.17, 15) is 4.79 Å². The Morgan fingerprint density at radius 3 is 2.67 bits per heavy atom. The lowest BCUT2D eigenvalue weighted by molar-refractivity contribution is 0.0921. The fourth-order valence-electron chi connectivity index (χ4n) is 1.44. The topological polar surface area (TPSA) is 43.1 Å². The predicted octanol–water partition coefficient (Wildman–Crippen LogP) is 2.82. The molecule has 15 heavy (non-hydrogen) atoms. The standard InChI is InChI=1S/C12H16ClNO/c1-3-9(7-14)12(15)10-5-4-8(2)11(13)6-10/h4-6,9H,3,7,14H2,1-2H3. The van der Waals surface area contributed by atoms with Gasteiger partial charge in [-0.25, -0.2) is 0 Å². The molecule has 0 aliphatic carbocycles. The summed E-state index contributed by atoms with van der Waals surface area (Å²) in [5, 5.41) is 0.632. The van der Waals surface area contributed by atoms with E-state index in [-0.39, 0.29) is 11.7 Å². The van der Waals surface area contributed by atoms with Crippen molar-refractivity contribution in [2.24, 2.45) is 11.7 Å². The number of aryl methyl sites for hydroxylation is 1. The number of carbonyl (C=O) groups excluding carboxylic acids is 1. The third-order valence-electron chi connectivity index (χ3n) is 2.60. The van der Waals surface area contributed by atoms with Crippen LogP contribution in [-0.4, -0.2) is 12.3 Å². The fourth-order valence-corrected chi connectivity index (χ4v) is 1.62. The minimum Gasteiger partial charge on any atom is -0.330 e. The van der Waals surface area contributed by atoms with E-state index in [1.807, 2.05) is 26.0 Å². The van der Waals surface area contributed by atoms with Crippen LogP contribution in [0, 0.1) is 12.8 Å². The predicted molar refractivity (Wildman–Crippen MR) is 63.4 cm³/mol. The second-order valence-corrected chi connectivity index (χ2v) is 4.08. The van der Waals surface area contributed by atoms with Gasteiger partial charge in [-0.05, 0) is 25.0 Å². The van der Waals surface area contributed by atoms with Gasteiger partial charge in [0.2, 0.25) is 0 Å². The molecule has 1 aromatic rings. The quantitative estimate of drug-likeness (QED) is 0.801. The molecule has 0 aliphatic rings. The maximum absolute atomic E-state index is 11.9. The molecule has 1 aromatic carbocycles. The SMILES string of the molecule is CCC(CN)C(=O)c1ccc(C)c(Cl)c1. The first-order chi connectivity index (χ1) is 7.10. The van der Waals surface area contributed by atoms with Gasteiger partial charge in [0.05, 0.1) is 0 Å². The van der Waals surface area contributed by atoms with Gasteiger partial charge in [0, 0.05) is 23.0 Å². The number of carbonyl (C=O) groups is 1. The van der Waals surface area contributed by atoms with Gasteiger partial charge in [-0.15, -0.1) is 0 Å². The van der Waals surface area contributed by atoms with Crippen LogP contribution in [0.15, 0.2) is 18.2 Å². The maximum Gasteiger partial charge on any atom is 0.167 e. The Kier molecular flexibility index (Phi) is 4.30. The van der Waals surface area contributed by atoms with Crippen molar-refractivity contribution in [1.82, 2.24) is 0 Å². The molecule has 0 amide bonds. The highest BCUT2D eigenvalue weighted by Gasteiger charge is 2.16. The third-order valence-corrected chi connectivity index (χ3v) is 3.01. The first-order valence-electron chi connectivity index (χ1n) is 5.10. The Bertz CT molecular complexity index is 359. The van der Waals surface area contributed by atoms with Crippen molar-refractivity contribution in [1.29, 1.82) is 0 Å². The Labute approximate surface area is 95.4 Å². The molecule has 3 heteroatoms. The summed E-state index contributed by atoms with van der Waals surface area (Å²) in [6.07, 6.45) is 0.765. The van der Waals surface area contributed by atoms with E-state index < -0.39 is 0 Å². The van der Waals surface area contributed by atoms with Crippen molar-refractivity contribution in [2.45, 2.75) is 20.3 Å². The van der Waals surface area contributed by atoms with Gasteiger partial charge in [-0.2, -0.15) is 0 Å². The molecule has 2 nitrogen and oxygen atoms in total. The maximum atomic E-state index is 11.9. The molecule has 0 saturated carbocycles. The third kappa shape index (κ3) is 2.80. The van der Waals surface area contributed by atoms with Gasteiger partial charge in [0.15, 0.2) is 5.78 Å². The van der Waals surface area contributed by atoms with E-state index in [1.54, 1.807) is 6.07 Å². The minimum absolute atomic E-state index is 0.0851. The zero-order valence-electron chi connectivity index (χ0n) is 9.09. The van der Waals surface area contributed by atoms with Crippen LogP contribution in [0.25, 0.3) is 0 Å². The Morgan fingerprint density at radius 2 is 2.20 bits per heavy atom. The molecule has 1 rings (SSSR count). The summed E-state index contributed by atoms with van der Waals surface area (Å²) in [4.78, 5) is 11.9. The minimum atomic E-state index is -0.0937. The van der Waals surface area contributed by atoms with Gasteiger partial charge in [-0.1, -0.05) is 30.7 Å². The van der Waals surface area contributed by atoms with E-state index in [4.69, 9.17) is 17.3 Å². The van der Waals surface area contributed by atoms with Crippen molar-refractivity contribution in [2.75, 3.05) is 6.54 Å². The van der Waals surface area contributed by atoms with E-state index >= 15 is 0 Å². The summed E-state index contributed by atoms with van der Waals surface area (Å²) in [5.74, 6) is -0.00864. The molecule has 0 heterocycles. The smallest absolute Gasteiger partial charge is 0.167 e. The van der Waals surface area contributed by atoms with Crippen LogP contribution in [0.3, 0.4) is 0 Å². The van der Waals surface area contributed by atoms with E-state index in [1.165, 1.54) is 0 Å². The molecule has 1 unspecified atom stereocenters. The molecule has 82 valence electrons. The second-order valence-electron chi connectivity index (χ2n) is 3.67. The molecule has 2 N–H and O–H groups in total. The summed E-state index contributed by atoms with van der Waals surface area (Å²) < 4.78 is 0. The fraction of sp³-hybridized carbons (Fsp3) is 0.417. The van der Waals surface area contributed by atoms with Crippen LogP contribution < -0.4 is 5.73 Å². The summed E-state index contributed by atoms with van der Waals surface area (Å²) in [6, 6.07) is 5.39. The zero-order chi connectivity index (χ0) is 11.4. The number of ketones is 1. The number of Topliss-reactive ketones (excluding diaryl/α,β-unsaturated/α-hetero) is 1. The molecule has 0 aliphatic heterocycles. The van der Waals surface area contributed by atoms with Crippen molar-refractivity contribution in [3.8, 4) is 0 Å². The number of hydrogen-bond donors (Lipinski definition) is 1. The molecule has 0 radical (unpaired) electrons. The van der Waals surface area contributed by atoms with Crippen molar-refractivity contribution < 1.29 is 4.79 Å². The molecule has 0 aromatic heterocycles. The summed E-state index contributed by atoms with van der Waals surface area (Å²) in [6.45, 7) is 4.27. The monoisotopic (exact) mass is 225 g/mol. The number of halogens is 1. The lowest BCUT2D eigenvalue weighted by Crippen LogP contribution is -2.23. The number of nitrogens with two attached hydrogens (primary N) is 1. The van der Waals surface area contributed by atoms with Gasteiger partial charge >= 0.3 is 0 Å². The number of hydrogen-bond acceptors (Lipinski definition) is 2. The Balaban J connectivity index is 2.96. The van der Waals surface area contributed by atoms with Crippen LogP contribution in [0.1, 0.15) is 29.3 Å². The van der Waals surface area contributed by atoms with Crippen LogP contribution in [-0.2, 0) is 0 Å². The van der Waals surface area contributed by atoms with Crippen LogP contribution >= 0.6 is 11.6 Å². The number of rotatable bonds is 4. The Hall–Kier alpha value is -0.860. The van der Waals surface area contributed by atoms with Gasteiger partial charge in [-0.3, -0.25) is 4.79 Å². The zero-order valence-corrected chi connectivity index (χ0v) is 9.84. The van der Waals surface area contributed by atoms with Crippen LogP contribution in [0.5, 0.6) is 0 Å². The van der Waals surface area contributed by atoms with Gasteiger partial charge in [0.1, 0.15) is 0 Å². The van der Waals surface area contributed by atoms with Crippen LogP contribution in [0.2, 0.25) is 5.02 Å². The summed E-state index contributed by atoms with van der Waals surface area (Å²) in [7, 11) is 0. The molecule has 0 fully saturated rings. The summed E-state index contributed by atoms with van der Waals surface area (Å²) in [5.41, 5.74) is 7.17. The van der Waals surface area contributed by atoms with E-state index in [2.05, 4.69) is 0 Å². The van der Waals surface area contributed by atoms with Crippen molar-refractivity contribution in [3.63, 3.8) is 0 Å². The number of benzene rings is 1. The largest absolute Gasteiger partial charge is 0.330 e. The lowest BCUT2D eigenvalue weighted by Gasteiger charge is -2.11. The molecule has 0 spiro atoms. The highest BCUT2D eigenvalue weighted by Crippen LogP contribution is 2.19. The van der Waals surface area contributed by atoms with Crippen molar-refractivity contribution >= 4 is 17.4 Å². The normalized spacial score (nSPS) is 12.5. The highest BCUT2D eigenvalue weighted by atomic mass is 35.5. The summed E-state index contributed by atoms with van der Waals surface area (Å²) >= 11 is 5.97. The van der Waals surface area contributed by atoms with Gasteiger partial charge in [0.25, 0.3) is 0 Å². The van der Waals surface area contributed by atoms with Crippen LogP contribution in [0.4, 0.5) is 0 Å². The van der Waals surface area contributed by atoms with Gasteiger partial charge < -0.3 is 5.73 Å². The van der Waals surface area contributed by atoms with Crippen molar-refractivity contribution in [3.05, 3.63) is 34.3 Å². The molecular weight excluding hydrogens is 210 g/mol. The molecular formula is C12H16ClNO. The molecule has 0 saturated heterocycles. The lowest BCUT2D eigenvalue weighted by atomic mass is 9.95. The Morgan fingerprint density at radius 1 is 1.53 bits per heavy atom. The molecule has 0 bridgehead atoms. The average Bonchev–Trinajstić information content (AvgIpc) is 2.23. The first-order valence-corrected chi connectivity index (χ1v) is 5.48.